The smallest absolute Gasteiger partial charge is 0.0224 e. The van der Waals surface area contributed by atoms with E-state index in [2.05, 4.69) is 17.3 Å². The van der Waals surface area contributed by atoms with Gasteiger partial charge >= 0.3 is 0 Å². The second-order valence-corrected chi connectivity index (χ2v) is 3.66. The van der Waals surface area contributed by atoms with Crippen molar-refractivity contribution < 1.29 is 0 Å². The zero-order valence-electron chi connectivity index (χ0n) is 8.64. The summed E-state index contributed by atoms with van der Waals surface area (Å²) in [5.74, 6) is 0.996. The summed E-state index contributed by atoms with van der Waals surface area (Å²) < 4.78 is 0. The summed E-state index contributed by atoms with van der Waals surface area (Å²) in [4.78, 5) is 2.43. The summed E-state index contributed by atoms with van der Waals surface area (Å²) in [5, 5.41) is 3.55. The molecule has 2 fully saturated rings. The molecule has 2 nitrogen and oxygen atoms in total. The summed E-state index contributed by atoms with van der Waals surface area (Å²) in [6, 6.07) is 0.818. The van der Waals surface area contributed by atoms with Gasteiger partial charge in [0, 0.05) is 12.6 Å². The van der Waals surface area contributed by atoms with Gasteiger partial charge in [-0.15, -0.1) is 0 Å². The van der Waals surface area contributed by atoms with Crippen LogP contribution >= 0.6 is 0 Å². The molecule has 2 unspecified atom stereocenters. The van der Waals surface area contributed by atoms with Crippen LogP contribution in [0.2, 0.25) is 0 Å². The highest BCUT2D eigenvalue weighted by molar-refractivity contribution is 4.89. The van der Waals surface area contributed by atoms with Crippen LogP contribution in [0.3, 0.4) is 0 Å². The Bertz CT molecular complexity index is 125. The minimum atomic E-state index is 0.818. The van der Waals surface area contributed by atoms with Crippen LogP contribution in [0.15, 0.2) is 0 Å². The van der Waals surface area contributed by atoms with Crippen LogP contribution in [0.25, 0.3) is 0 Å². The first-order valence-corrected chi connectivity index (χ1v) is 5.28. The number of hydrogen-bond acceptors (Lipinski definition) is 2. The molecule has 2 aliphatic rings. The quantitative estimate of drug-likeness (QED) is 0.590. The van der Waals surface area contributed by atoms with Crippen molar-refractivity contribution in [3.05, 3.63) is 0 Å². The van der Waals surface area contributed by atoms with Gasteiger partial charge in [-0.2, -0.15) is 0 Å². The number of hydrogen-bond donors (Lipinski definition) is 1. The van der Waals surface area contributed by atoms with Crippen LogP contribution in [0.1, 0.15) is 26.7 Å². The summed E-state index contributed by atoms with van der Waals surface area (Å²) in [6.45, 7) is 7.83. The maximum atomic E-state index is 3.55. The first kappa shape index (κ1) is 10.0. The molecule has 0 aliphatic carbocycles. The Labute approximate surface area is 76.3 Å². The fourth-order valence-electron chi connectivity index (χ4n) is 2.19. The van der Waals surface area contributed by atoms with Crippen molar-refractivity contribution in [1.82, 2.24) is 10.2 Å². The van der Waals surface area contributed by atoms with Gasteiger partial charge in [0.2, 0.25) is 0 Å². The molecule has 2 atom stereocenters. The number of fused-ring (bicyclic) bond motifs is 1. The van der Waals surface area contributed by atoms with Gasteiger partial charge in [-0.05, 0) is 38.9 Å². The van der Waals surface area contributed by atoms with Gasteiger partial charge in [-0.25, -0.2) is 0 Å². The maximum Gasteiger partial charge on any atom is 0.0224 e. The molecule has 2 heterocycles. The van der Waals surface area contributed by atoms with Crippen LogP contribution in [-0.2, 0) is 0 Å². The SMILES string of the molecule is CC.CN1CCC2CCNC2C1. The van der Waals surface area contributed by atoms with E-state index in [9.17, 15) is 0 Å². The molecule has 2 rings (SSSR count). The Morgan fingerprint density at radius 2 is 2.00 bits per heavy atom. The molecule has 0 aromatic heterocycles. The molecule has 0 aromatic carbocycles. The topological polar surface area (TPSA) is 15.3 Å². The Kier molecular flexibility index (Phi) is 4.02. The lowest BCUT2D eigenvalue weighted by Gasteiger charge is -2.31. The van der Waals surface area contributed by atoms with Crippen LogP contribution in [-0.4, -0.2) is 37.6 Å². The first-order chi connectivity index (χ1) is 5.86. The molecule has 0 bridgehead atoms. The summed E-state index contributed by atoms with van der Waals surface area (Å²) in [5.41, 5.74) is 0. The van der Waals surface area contributed by atoms with E-state index in [0.717, 1.165) is 12.0 Å². The summed E-state index contributed by atoms with van der Waals surface area (Å²) in [6.07, 6.45) is 2.83. The molecule has 72 valence electrons. The van der Waals surface area contributed by atoms with Crippen molar-refractivity contribution >= 4 is 0 Å². The molecule has 0 amide bonds. The van der Waals surface area contributed by atoms with Crippen molar-refractivity contribution in [3.8, 4) is 0 Å². The Hall–Kier alpha value is -0.0800. The lowest BCUT2D eigenvalue weighted by molar-refractivity contribution is 0.198. The molecule has 0 spiro atoms. The highest BCUT2D eigenvalue weighted by Crippen LogP contribution is 2.23. The highest BCUT2D eigenvalue weighted by Gasteiger charge is 2.30. The van der Waals surface area contributed by atoms with Crippen molar-refractivity contribution in [3.63, 3.8) is 0 Å². The average molecular weight is 170 g/mol. The fraction of sp³-hybridized carbons (Fsp3) is 1.00. The largest absolute Gasteiger partial charge is 0.312 e. The third kappa shape index (κ3) is 2.20. The lowest BCUT2D eigenvalue weighted by Crippen LogP contribution is -2.44. The molecule has 2 aliphatic heterocycles. The van der Waals surface area contributed by atoms with E-state index in [1.54, 1.807) is 0 Å². The number of nitrogens with zero attached hydrogens (tertiary/aromatic N) is 1. The van der Waals surface area contributed by atoms with E-state index in [0.29, 0.717) is 0 Å². The Morgan fingerprint density at radius 3 is 2.75 bits per heavy atom. The van der Waals surface area contributed by atoms with Gasteiger partial charge < -0.3 is 10.2 Å². The average Bonchev–Trinajstić information content (AvgIpc) is 2.54. The van der Waals surface area contributed by atoms with Crippen LogP contribution in [0.4, 0.5) is 0 Å². The third-order valence-corrected chi connectivity index (χ3v) is 2.88. The third-order valence-electron chi connectivity index (χ3n) is 2.88. The van der Waals surface area contributed by atoms with E-state index in [1.165, 1.54) is 32.5 Å². The maximum absolute atomic E-state index is 3.55. The van der Waals surface area contributed by atoms with Crippen molar-refractivity contribution in [2.75, 3.05) is 26.7 Å². The number of likely N-dealkylation sites (tertiary alicyclic amines) is 1. The van der Waals surface area contributed by atoms with E-state index in [-0.39, 0.29) is 0 Å². The number of rotatable bonds is 0. The van der Waals surface area contributed by atoms with E-state index < -0.39 is 0 Å². The fourth-order valence-corrected chi connectivity index (χ4v) is 2.19. The summed E-state index contributed by atoms with van der Waals surface area (Å²) in [7, 11) is 2.22. The van der Waals surface area contributed by atoms with Gasteiger partial charge in [0.1, 0.15) is 0 Å². The van der Waals surface area contributed by atoms with Crippen LogP contribution in [0.5, 0.6) is 0 Å². The Balaban J connectivity index is 0.000000336. The van der Waals surface area contributed by atoms with Gasteiger partial charge in [0.05, 0.1) is 0 Å². The van der Waals surface area contributed by atoms with Crippen LogP contribution in [0, 0.1) is 5.92 Å². The van der Waals surface area contributed by atoms with E-state index in [1.807, 2.05) is 13.8 Å². The zero-order chi connectivity index (χ0) is 8.97. The van der Waals surface area contributed by atoms with E-state index in [4.69, 9.17) is 0 Å². The Morgan fingerprint density at radius 1 is 1.25 bits per heavy atom. The number of nitrogens with one attached hydrogen (secondary N) is 1. The lowest BCUT2D eigenvalue weighted by atomic mass is 9.93. The van der Waals surface area contributed by atoms with Gasteiger partial charge in [-0.1, -0.05) is 13.8 Å². The zero-order valence-corrected chi connectivity index (χ0v) is 8.64. The number of piperidine rings is 1. The molecule has 12 heavy (non-hydrogen) atoms. The molecule has 0 aromatic rings. The normalized spacial score (nSPS) is 35.2. The summed E-state index contributed by atoms with van der Waals surface area (Å²) >= 11 is 0. The molecular formula is C10H22N2. The van der Waals surface area contributed by atoms with Gasteiger partial charge in [0.15, 0.2) is 0 Å². The highest BCUT2D eigenvalue weighted by atomic mass is 15.1. The van der Waals surface area contributed by atoms with Crippen LogP contribution < -0.4 is 5.32 Å². The predicted molar refractivity (Wildman–Crippen MR) is 53.4 cm³/mol. The molecule has 2 heteroatoms. The van der Waals surface area contributed by atoms with Crippen molar-refractivity contribution in [1.29, 1.82) is 0 Å². The van der Waals surface area contributed by atoms with Crippen molar-refractivity contribution in [2.24, 2.45) is 5.92 Å². The first-order valence-electron chi connectivity index (χ1n) is 5.28. The molecule has 2 saturated heterocycles. The second-order valence-electron chi connectivity index (χ2n) is 3.66. The standard InChI is InChI=1S/C8H16N2.C2H6/c1-10-5-3-7-2-4-9-8(7)6-10;1-2/h7-9H,2-6H2,1H3;1-2H3. The molecule has 0 saturated carbocycles. The minimum absolute atomic E-state index is 0.818. The molecule has 1 N–H and O–H groups in total. The molecular weight excluding hydrogens is 148 g/mol. The molecule has 0 radical (unpaired) electrons. The predicted octanol–water partition coefficient (Wildman–Crippen LogP) is 1.33. The van der Waals surface area contributed by atoms with E-state index >= 15 is 0 Å². The minimum Gasteiger partial charge on any atom is -0.312 e. The van der Waals surface area contributed by atoms with Crippen molar-refractivity contribution in [2.45, 2.75) is 32.7 Å². The monoisotopic (exact) mass is 170 g/mol. The van der Waals surface area contributed by atoms with Gasteiger partial charge in [0.25, 0.3) is 0 Å². The van der Waals surface area contributed by atoms with Gasteiger partial charge in [-0.3, -0.25) is 0 Å². The number of likely N-dealkylation sites (N-methyl/N-ethyl adjacent to an activating group) is 1. The second kappa shape index (κ2) is 4.83.